The van der Waals surface area contributed by atoms with Gasteiger partial charge in [0.15, 0.2) is 0 Å². The predicted molar refractivity (Wildman–Crippen MR) is 69.5 cm³/mol. The Morgan fingerprint density at radius 2 is 2.06 bits per heavy atom. The van der Waals surface area contributed by atoms with E-state index in [9.17, 15) is 0 Å². The molecule has 0 aliphatic rings. The SMILES string of the molecule is CNCCCCCOc1ccc(Cl)cc1C. The molecule has 0 fully saturated rings. The zero-order chi connectivity index (χ0) is 11.8. The zero-order valence-electron chi connectivity index (χ0n) is 10.1. The number of hydrogen-bond donors (Lipinski definition) is 1. The number of halogens is 1. The highest BCUT2D eigenvalue weighted by molar-refractivity contribution is 6.30. The summed E-state index contributed by atoms with van der Waals surface area (Å²) in [5, 5.41) is 3.90. The highest BCUT2D eigenvalue weighted by Crippen LogP contribution is 2.21. The average Bonchev–Trinajstić information content (AvgIpc) is 2.26. The van der Waals surface area contributed by atoms with Crippen molar-refractivity contribution in [2.75, 3.05) is 20.2 Å². The molecule has 0 saturated heterocycles. The molecule has 16 heavy (non-hydrogen) atoms. The molecule has 0 unspecified atom stereocenters. The van der Waals surface area contributed by atoms with E-state index >= 15 is 0 Å². The molecule has 1 rings (SSSR count). The summed E-state index contributed by atoms with van der Waals surface area (Å²) in [5.74, 6) is 0.943. The zero-order valence-corrected chi connectivity index (χ0v) is 10.8. The van der Waals surface area contributed by atoms with Gasteiger partial charge in [-0.3, -0.25) is 0 Å². The van der Waals surface area contributed by atoms with Gasteiger partial charge in [-0.25, -0.2) is 0 Å². The van der Waals surface area contributed by atoms with Crippen molar-refractivity contribution in [3.8, 4) is 5.75 Å². The van der Waals surface area contributed by atoms with Crippen LogP contribution in [0.1, 0.15) is 24.8 Å². The van der Waals surface area contributed by atoms with Gasteiger partial charge in [0.2, 0.25) is 0 Å². The molecule has 0 amide bonds. The first-order valence-corrected chi connectivity index (χ1v) is 6.15. The third kappa shape index (κ3) is 4.86. The second-order valence-electron chi connectivity index (χ2n) is 3.92. The molecular formula is C13H20ClNO. The van der Waals surface area contributed by atoms with Crippen molar-refractivity contribution in [3.05, 3.63) is 28.8 Å². The predicted octanol–water partition coefficient (Wildman–Crippen LogP) is 3.42. The van der Waals surface area contributed by atoms with Crippen LogP contribution in [0.2, 0.25) is 5.02 Å². The van der Waals surface area contributed by atoms with Crippen LogP contribution in [0.4, 0.5) is 0 Å². The summed E-state index contributed by atoms with van der Waals surface area (Å²) in [6.45, 7) is 3.88. The summed E-state index contributed by atoms with van der Waals surface area (Å²) in [6, 6.07) is 5.73. The lowest BCUT2D eigenvalue weighted by molar-refractivity contribution is 0.303. The lowest BCUT2D eigenvalue weighted by Gasteiger charge is -2.09. The number of aryl methyl sites for hydroxylation is 1. The van der Waals surface area contributed by atoms with Crippen molar-refractivity contribution in [2.45, 2.75) is 26.2 Å². The van der Waals surface area contributed by atoms with Crippen LogP contribution < -0.4 is 10.1 Å². The number of nitrogens with one attached hydrogen (secondary N) is 1. The molecule has 90 valence electrons. The van der Waals surface area contributed by atoms with Gasteiger partial charge in [-0.1, -0.05) is 11.6 Å². The maximum Gasteiger partial charge on any atom is 0.122 e. The summed E-state index contributed by atoms with van der Waals surface area (Å²) < 4.78 is 5.69. The fourth-order valence-electron chi connectivity index (χ4n) is 1.54. The summed E-state index contributed by atoms with van der Waals surface area (Å²) in [5.41, 5.74) is 1.10. The second-order valence-corrected chi connectivity index (χ2v) is 4.36. The van der Waals surface area contributed by atoms with E-state index < -0.39 is 0 Å². The van der Waals surface area contributed by atoms with Crippen molar-refractivity contribution in [1.82, 2.24) is 5.32 Å². The van der Waals surface area contributed by atoms with E-state index in [0.29, 0.717) is 0 Å². The Morgan fingerprint density at radius 3 is 2.75 bits per heavy atom. The van der Waals surface area contributed by atoms with Crippen LogP contribution in [0, 0.1) is 6.92 Å². The Hall–Kier alpha value is -0.730. The van der Waals surface area contributed by atoms with Gasteiger partial charge in [-0.15, -0.1) is 0 Å². The van der Waals surface area contributed by atoms with Crippen LogP contribution in [-0.2, 0) is 0 Å². The minimum atomic E-state index is 0.763. The molecule has 0 aliphatic carbocycles. The Kier molecular flexibility index (Phi) is 6.27. The normalized spacial score (nSPS) is 10.4. The Balaban J connectivity index is 2.21. The number of hydrogen-bond acceptors (Lipinski definition) is 2. The molecule has 2 nitrogen and oxygen atoms in total. The molecule has 0 aromatic heterocycles. The van der Waals surface area contributed by atoms with E-state index in [1.165, 1.54) is 12.8 Å². The Morgan fingerprint density at radius 1 is 1.25 bits per heavy atom. The van der Waals surface area contributed by atoms with E-state index in [4.69, 9.17) is 16.3 Å². The van der Waals surface area contributed by atoms with Crippen LogP contribution in [0.5, 0.6) is 5.75 Å². The first-order chi connectivity index (χ1) is 7.74. The van der Waals surface area contributed by atoms with Crippen LogP contribution >= 0.6 is 11.6 Å². The Bertz CT molecular complexity index is 315. The summed E-state index contributed by atoms with van der Waals surface area (Å²) in [4.78, 5) is 0. The van der Waals surface area contributed by atoms with Crippen molar-refractivity contribution in [2.24, 2.45) is 0 Å². The van der Waals surface area contributed by atoms with Crippen molar-refractivity contribution < 1.29 is 4.74 Å². The number of rotatable bonds is 7. The highest BCUT2D eigenvalue weighted by Gasteiger charge is 1.99. The van der Waals surface area contributed by atoms with Crippen LogP contribution in [-0.4, -0.2) is 20.2 Å². The molecule has 0 atom stereocenters. The number of unbranched alkanes of at least 4 members (excludes halogenated alkanes) is 2. The molecule has 0 spiro atoms. The smallest absolute Gasteiger partial charge is 0.122 e. The number of benzene rings is 1. The molecule has 1 aromatic rings. The quantitative estimate of drug-likeness (QED) is 0.739. The topological polar surface area (TPSA) is 21.3 Å². The minimum absolute atomic E-state index is 0.763. The van der Waals surface area contributed by atoms with Crippen molar-refractivity contribution in [1.29, 1.82) is 0 Å². The van der Waals surface area contributed by atoms with E-state index in [-0.39, 0.29) is 0 Å². The standard InChI is InChI=1S/C13H20ClNO/c1-11-10-12(14)6-7-13(11)16-9-5-3-4-8-15-2/h6-7,10,15H,3-5,8-9H2,1-2H3. The molecule has 0 heterocycles. The van der Waals surface area contributed by atoms with E-state index in [1.54, 1.807) is 0 Å². The van der Waals surface area contributed by atoms with Crippen LogP contribution in [0.15, 0.2) is 18.2 Å². The van der Waals surface area contributed by atoms with Crippen LogP contribution in [0.3, 0.4) is 0 Å². The fraction of sp³-hybridized carbons (Fsp3) is 0.538. The van der Waals surface area contributed by atoms with Crippen molar-refractivity contribution in [3.63, 3.8) is 0 Å². The largest absolute Gasteiger partial charge is 0.493 e. The van der Waals surface area contributed by atoms with Gasteiger partial charge in [0.1, 0.15) is 5.75 Å². The van der Waals surface area contributed by atoms with Gasteiger partial charge in [-0.2, -0.15) is 0 Å². The summed E-state index contributed by atoms with van der Waals surface area (Å²) >= 11 is 5.87. The maximum absolute atomic E-state index is 5.87. The lowest BCUT2D eigenvalue weighted by Crippen LogP contribution is -2.08. The third-order valence-corrected chi connectivity index (χ3v) is 2.70. The number of ether oxygens (including phenoxy) is 1. The Labute approximate surface area is 103 Å². The van der Waals surface area contributed by atoms with Crippen molar-refractivity contribution >= 4 is 11.6 Å². The molecule has 0 aliphatic heterocycles. The van der Waals surface area contributed by atoms with Gasteiger partial charge < -0.3 is 10.1 Å². The molecular weight excluding hydrogens is 222 g/mol. The maximum atomic E-state index is 5.87. The van der Waals surface area contributed by atoms with E-state index in [1.807, 2.05) is 32.2 Å². The van der Waals surface area contributed by atoms with Gasteiger partial charge in [0.05, 0.1) is 6.61 Å². The average molecular weight is 242 g/mol. The monoisotopic (exact) mass is 241 g/mol. The molecule has 0 saturated carbocycles. The molecule has 0 bridgehead atoms. The van der Waals surface area contributed by atoms with Gasteiger partial charge in [0, 0.05) is 5.02 Å². The molecule has 3 heteroatoms. The summed E-state index contributed by atoms with van der Waals surface area (Å²) in [7, 11) is 1.98. The van der Waals surface area contributed by atoms with Gasteiger partial charge in [0.25, 0.3) is 0 Å². The lowest BCUT2D eigenvalue weighted by atomic mass is 10.2. The third-order valence-electron chi connectivity index (χ3n) is 2.47. The molecule has 1 N–H and O–H groups in total. The van der Waals surface area contributed by atoms with E-state index in [2.05, 4.69) is 5.32 Å². The van der Waals surface area contributed by atoms with Gasteiger partial charge in [-0.05, 0) is 63.5 Å². The second kappa shape index (κ2) is 7.53. The van der Waals surface area contributed by atoms with E-state index in [0.717, 1.165) is 35.9 Å². The summed E-state index contributed by atoms with van der Waals surface area (Å²) in [6.07, 6.45) is 3.51. The first-order valence-electron chi connectivity index (χ1n) is 5.77. The van der Waals surface area contributed by atoms with Crippen LogP contribution in [0.25, 0.3) is 0 Å². The first kappa shape index (κ1) is 13.3. The highest BCUT2D eigenvalue weighted by atomic mass is 35.5. The minimum Gasteiger partial charge on any atom is -0.493 e. The molecule has 1 aromatic carbocycles. The van der Waals surface area contributed by atoms with Gasteiger partial charge >= 0.3 is 0 Å². The molecule has 0 radical (unpaired) electrons. The fourth-order valence-corrected chi connectivity index (χ4v) is 1.76.